The van der Waals surface area contributed by atoms with Gasteiger partial charge in [0.05, 0.1) is 0 Å². The molecule has 0 aliphatic rings. The van der Waals surface area contributed by atoms with Crippen LogP contribution in [0.2, 0.25) is 0 Å². The molecule has 0 fully saturated rings. The number of aliphatic carboxylic acids is 1. The molecule has 11 heteroatoms. The normalized spacial score (nSPS) is 13.7. The van der Waals surface area contributed by atoms with Gasteiger partial charge in [-0.2, -0.15) is 0 Å². The molecule has 0 saturated heterocycles. The lowest BCUT2D eigenvalue weighted by molar-refractivity contribution is -0.159. The summed E-state index contributed by atoms with van der Waals surface area (Å²) < 4.78 is 15.9. The standard InChI is InChI=1S/C24H42N2O9/c1-22(2,3)33-18(29)14-13-16(20(31)35-24(7,8)9)26-21(32)25-15(11-10-12-17(27)28)19(30)34-23(4,5)6/h15-16H,10-14H2,1-9H3,(H,27,28)(H2,25,26,32)/t15-,16-/m0/s1. The molecule has 0 rings (SSSR count). The molecule has 0 saturated carbocycles. The van der Waals surface area contributed by atoms with Crippen molar-refractivity contribution >= 4 is 29.9 Å². The molecule has 0 aliphatic heterocycles. The summed E-state index contributed by atoms with van der Waals surface area (Å²) in [6.45, 7) is 15.1. The second-order valence-electron chi connectivity index (χ2n) is 11.2. The van der Waals surface area contributed by atoms with Gasteiger partial charge in [0, 0.05) is 12.8 Å². The molecule has 0 spiro atoms. The van der Waals surface area contributed by atoms with Crippen LogP contribution in [0.3, 0.4) is 0 Å². The van der Waals surface area contributed by atoms with E-state index in [0.717, 1.165) is 0 Å². The first-order chi connectivity index (χ1) is 15.7. The van der Waals surface area contributed by atoms with Crippen molar-refractivity contribution in [3.8, 4) is 0 Å². The van der Waals surface area contributed by atoms with Crippen LogP contribution in [-0.4, -0.2) is 63.9 Å². The SMILES string of the molecule is CC(C)(C)OC(=O)CC[C@H](NC(=O)N[C@@H](CCCC(=O)O)C(=O)OC(C)(C)C)C(=O)OC(C)(C)C. The molecule has 0 aromatic heterocycles. The van der Waals surface area contributed by atoms with Crippen molar-refractivity contribution in [2.45, 2.75) is 123 Å². The molecule has 35 heavy (non-hydrogen) atoms. The van der Waals surface area contributed by atoms with Crippen LogP contribution in [0.5, 0.6) is 0 Å². The Hall–Kier alpha value is -2.85. The minimum Gasteiger partial charge on any atom is -0.481 e. The highest BCUT2D eigenvalue weighted by molar-refractivity contribution is 5.87. The summed E-state index contributed by atoms with van der Waals surface area (Å²) >= 11 is 0. The Morgan fingerprint density at radius 3 is 1.43 bits per heavy atom. The van der Waals surface area contributed by atoms with Crippen molar-refractivity contribution in [1.82, 2.24) is 10.6 Å². The Kier molecular flexibility index (Phi) is 12.2. The molecule has 0 heterocycles. The van der Waals surface area contributed by atoms with E-state index < -0.39 is 58.8 Å². The van der Waals surface area contributed by atoms with Crippen LogP contribution in [0.25, 0.3) is 0 Å². The fraction of sp³-hybridized carbons (Fsp3) is 0.792. The van der Waals surface area contributed by atoms with Gasteiger partial charge in [0.1, 0.15) is 28.9 Å². The topological polar surface area (TPSA) is 157 Å². The summed E-state index contributed by atoms with van der Waals surface area (Å²) in [5.41, 5.74) is -2.37. The first kappa shape index (κ1) is 32.1. The van der Waals surface area contributed by atoms with E-state index in [1.165, 1.54) is 0 Å². The number of carboxylic acid groups (broad SMARTS) is 1. The predicted octanol–water partition coefficient (Wildman–Crippen LogP) is 3.08. The predicted molar refractivity (Wildman–Crippen MR) is 127 cm³/mol. The van der Waals surface area contributed by atoms with Gasteiger partial charge in [0.2, 0.25) is 0 Å². The fourth-order valence-electron chi connectivity index (χ4n) is 2.71. The number of urea groups is 1. The smallest absolute Gasteiger partial charge is 0.329 e. The Morgan fingerprint density at radius 1 is 0.657 bits per heavy atom. The highest BCUT2D eigenvalue weighted by atomic mass is 16.6. The molecular formula is C24H42N2O9. The fourth-order valence-corrected chi connectivity index (χ4v) is 2.71. The zero-order valence-corrected chi connectivity index (χ0v) is 22.4. The van der Waals surface area contributed by atoms with Crippen LogP contribution in [0.1, 0.15) is 94.4 Å². The minimum atomic E-state index is -1.19. The number of nitrogens with one attached hydrogen (secondary N) is 2. The lowest BCUT2D eigenvalue weighted by atomic mass is 10.1. The maximum Gasteiger partial charge on any atom is 0.329 e. The number of carbonyl (C=O) groups excluding carboxylic acids is 4. The van der Waals surface area contributed by atoms with Gasteiger partial charge in [0.15, 0.2) is 0 Å². The second kappa shape index (κ2) is 13.3. The maximum absolute atomic E-state index is 12.7. The number of hydrogen-bond acceptors (Lipinski definition) is 8. The van der Waals surface area contributed by atoms with Gasteiger partial charge in [-0.25, -0.2) is 14.4 Å². The minimum absolute atomic E-state index is 0.0175. The van der Waals surface area contributed by atoms with Gasteiger partial charge in [-0.3, -0.25) is 9.59 Å². The van der Waals surface area contributed by atoms with Crippen molar-refractivity contribution < 1.29 is 43.3 Å². The molecular weight excluding hydrogens is 460 g/mol. The number of carboxylic acids is 1. The molecule has 0 aromatic rings. The molecule has 2 amide bonds. The molecule has 2 atom stereocenters. The van der Waals surface area contributed by atoms with Gasteiger partial charge in [-0.1, -0.05) is 0 Å². The largest absolute Gasteiger partial charge is 0.481 e. The number of amides is 2. The Balaban J connectivity index is 5.43. The zero-order valence-electron chi connectivity index (χ0n) is 22.4. The van der Waals surface area contributed by atoms with Gasteiger partial charge in [-0.15, -0.1) is 0 Å². The summed E-state index contributed by atoms with van der Waals surface area (Å²) in [4.78, 5) is 60.9. The van der Waals surface area contributed by atoms with E-state index in [1.54, 1.807) is 62.3 Å². The van der Waals surface area contributed by atoms with Crippen molar-refractivity contribution in [1.29, 1.82) is 0 Å². The molecule has 0 unspecified atom stereocenters. The monoisotopic (exact) mass is 502 g/mol. The lowest BCUT2D eigenvalue weighted by Gasteiger charge is -2.27. The van der Waals surface area contributed by atoms with E-state index in [4.69, 9.17) is 19.3 Å². The molecule has 0 radical (unpaired) electrons. The van der Waals surface area contributed by atoms with Gasteiger partial charge in [-0.05, 0) is 81.6 Å². The molecule has 0 aliphatic carbocycles. The number of rotatable bonds is 11. The molecule has 11 nitrogen and oxygen atoms in total. The van der Waals surface area contributed by atoms with E-state index in [-0.39, 0.29) is 32.1 Å². The molecule has 3 N–H and O–H groups in total. The Labute approximate surface area is 207 Å². The first-order valence-corrected chi connectivity index (χ1v) is 11.6. The van der Waals surface area contributed by atoms with E-state index in [2.05, 4.69) is 10.6 Å². The quantitative estimate of drug-likeness (QED) is 0.285. The van der Waals surface area contributed by atoms with Gasteiger partial charge >= 0.3 is 29.9 Å². The van der Waals surface area contributed by atoms with E-state index >= 15 is 0 Å². The lowest BCUT2D eigenvalue weighted by Crippen LogP contribution is -2.53. The van der Waals surface area contributed by atoms with Crippen LogP contribution in [0.4, 0.5) is 4.79 Å². The van der Waals surface area contributed by atoms with E-state index in [9.17, 15) is 24.0 Å². The summed E-state index contributed by atoms with van der Waals surface area (Å²) in [6, 6.07) is -3.20. The van der Waals surface area contributed by atoms with Crippen LogP contribution >= 0.6 is 0 Å². The van der Waals surface area contributed by atoms with Crippen molar-refractivity contribution in [2.24, 2.45) is 0 Å². The highest BCUT2D eigenvalue weighted by Gasteiger charge is 2.31. The third kappa shape index (κ3) is 17.3. The maximum atomic E-state index is 12.7. The van der Waals surface area contributed by atoms with Crippen molar-refractivity contribution in [3.05, 3.63) is 0 Å². The van der Waals surface area contributed by atoms with Gasteiger partial charge < -0.3 is 30.0 Å². The zero-order chi connectivity index (χ0) is 27.6. The van der Waals surface area contributed by atoms with Crippen LogP contribution in [0.15, 0.2) is 0 Å². The van der Waals surface area contributed by atoms with Gasteiger partial charge in [0.25, 0.3) is 0 Å². The summed E-state index contributed by atoms with van der Waals surface area (Å²) in [5.74, 6) is -3.07. The third-order valence-electron chi connectivity index (χ3n) is 3.93. The van der Waals surface area contributed by atoms with Crippen LogP contribution in [-0.2, 0) is 33.4 Å². The average Bonchev–Trinajstić information content (AvgIpc) is 2.59. The van der Waals surface area contributed by atoms with E-state index in [1.807, 2.05) is 0 Å². The van der Waals surface area contributed by atoms with Crippen LogP contribution in [0, 0.1) is 0 Å². The first-order valence-electron chi connectivity index (χ1n) is 11.6. The molecule has 0 bridgehead atoms. The van der Waals surface area contributed by atoms with Crippen molar-refractivity contribution in [3.63, 3.8) is 0 Å². The van der Waals surface area contributed by atoms with Crippen molar-refractivity contribution in [2.75, 3.05) is 0 Å². The number of esters is 3. The Morgan fingerprint density at radius 2 is 1.06 bits per heavy atom. The third-order valence-corrected chi connectivity index (χ3v) is 3.93. The summed E-state index contributed by atoms with van der Waals surface area (Å²) in [6.07, 6.45) is -0.306. The summed E-state index contributed by atoms with van der Waals surface area (Å²) in [5, 5.41) is 13.8. The number of carbonyl (C=O) groups is 5. The number of ether oxygens (including phenoxy) is 3. The molecule has 202 valence electrons. The number of hydrogen-bond donors (Lipinski definition) is 3. The average molecular weight is 503 g/mol. The van der Waals surface area contributed by atoms with Crippen LogP contribution < -0.4 is 10.6 Å². The Bertz CT molecular complexity index is 758. The summed E-state index contributed by atoms with van der Waals surface area (Å²) in [7, 11) is 0. The second-order valence-corrected chi connectivity index (χ2v) is 11.2. The molecule has 0 aromatic carbocycles. The van der Waals surface area contributed by atoms with E-state index in [0.29, 0.717) is 0 Å². The highest BCUT2D eigenvalue weighted by Crippen LogP contribution is 2.15.